The lowest BCUT2D eigenvalue weighted by Crippen LogP contribution is -2.02. The van der Waals surface area contributed by atoms with Crippen molar-refractivity contribution >= 4 is 5.69 Å². The van der Waals surface area contributed by atoms with Gasteiger partial charge in [-0.3, -0.25) is 0 Å². The fourth-order valence-corrected chi connectivity index (χ4v) is 1.96. The molecular formula is C17H20FNO2. The Morgan fingerprint density at radius 3 is 2.67 bits per heavy atom. The van der Waals surface area contributed by atoms with Crippen molar-refractivity contribution in [1.82, 2.24) is 0 Å². The van der Waals surface area contributed by atoms with Gasteiger partial charge in [0.1, 0.15) is 5.82 Å². The van der Waals surface area contributed by atoms with Gasteiger partial charge in [-0.1, -0.05) is 19.1 Å². The third-order valence-corrected chi connectivity index (χ3v) is 3.01. The molecule has 0 bridgehead atoms. The lowest BCUT2D eigenvalue weighted by molar-refractivity contribution is 0.294. The molecule has 0 aliphatic heterocycles. The van der Waals surface area contributed by atoms with Crippen LogP contribution in [0.1, 0.15) is 18.9 Å². The van der Waals surface area contributed by atoms with Crippen LogP contribution in [0.4, 0.5) is 10.1 Å². The van der Waals surface area contributed by atoms with Crippen molar-refractivity contribution < 1.29 is 13.9 Å². The number of hydrogen-bond acceptors (Lipinski definition) is 3. The van der Waals surface area contributed by atoms with Gasteiger partial charge in [0.2, 0.25) is 0 Å². The second-order valence-corrected chi connectivity index (χ2v) is 4.70. The molecule has 0 aliphatic carbocycles. The Kier molecular flexibility index (Phi) is 5.43. The maximum absolute atomic E-state index is 13.1. The van der Waals surface area contributed by atoms with Crippen molar-refractivity contribution in [2.75, 3.05) is 19.0 Å². The Balaban J connectivity index is 2.03. The molecule has 0 heterocycles. The molecule has 2 rings (SSSR count). The predicted octanol–water partition coefficient (Wildman–Crippen LogP) is 4.24. The summed E-state index contributed by atoms with van der Waals surface area (Å²) in [6.45, 7) is 3.31. The summed E-state index contributed by atoms with van der Waals surface area (Å²) >= 11 is 0. The van der Waals surface area contributed by atoms with Crippen LogP contribution in [-0.2, 0) is 6.54 Å². The standard InChI is InChI=1S/C17H20FNO2/c1-3-9-21-16-8-7-13(10-17(16)20-2)12-19-15-6-4-5-14(18)11-15/h4-8,10-11,19H,3,9,12H2,1-2H3. The van der Waals surface area contributed by atoms with Crippen LogP contribution in [0.25, 0.3) is 0 Å². The highest BCUT2D eigenvalue weighted by Crippen LogP contribution is 2.28. The first-order chi connectivity index (χ1) is 10.2. The van der Waals surface area contributed by atoms with Crippen LogP contribution in [0.5, 0.6) is 11.5 Å². The van der Waals surface area contributed by atoms with E-state index in [1.54, 1.807) is 13.2 Å². The molecule has 0 aliphatic rings. The van der Waals surface area contributed by atoms with Crippen LogP contribution in [0, 0.1) is 5.82 Å². The highest BCUT2D eigenvalue weighted by molar-refractivity contribution is 5.46. The molecular weight excluding hydrogens is 269 g/mol. The van der Waals surface area contributed by atoms with Gasteiger partial charge >= 0.3 is 0 Å². The third kappa shape index (κ3) is 4.38. The van der Waals surface area contributed by atoms with Gasteiger partial charge in [-0.2, -0.15) is 0 Å². The van der Waals surface area contributed by atoms with E-state index < -0.39 is 0 Å². The Morgan fingerprint density at radius 1 is 1.10 bits per heavy atom. The molecule has 0 saturated heterocycles. The molecule has 2 aromatic carbocycles. The summed E-state index contributed by atoms with van der Waals surface area (Å²) in [6.07, 6.45) is 0.950. The van der Waals surface area contributed by atoms with E-state index in [2.05, 4.69) is 12.2 Å². The first-order valence-electron chi connectivity index (χ1n) is 7.02. The number of hydrogen-bond donors (Lipinski definition) is 1. The molecule has 0 spiro atoms. The maximum Gasteiger partial charge on any atom is 0.161 e. The van der Waals surface area contributed by atoms with E-state index >= 15 is 0 Å². The normalized spacial score (nSPS) is 10.2. The highest BCUT2D eigenvalue weighted by atomic mass is 19.1. The van der Waals surface area contributed by atoms with E-state index in [1.165, 1.54) is 12.1 Å². The van der Waals surface area contributed by atoms with Crippen molar-refractivity contribution in [2.45, 2.75) is 19.9 Å². The first kappa shape index (κ1) is 15.2. The minimum absolute atomic E-state index is 0.249. The molecule has 0 radical (unpaired) electrons. The molecule has 0 unspecified atom stereocenters. The van der Waals surface area contributed by atoms with E-state index in [9.17, 15) is 4.39 Å². The lowest BCUT2D eigenvalue weighted by Gasteiger charge is -2.12. The Hall–Kier alpha value is -2.23. The van der Waals surface area contributed by atoms with Gasteiger partial charge in [0.05, 0.1) is 13.7 Å². The number of halogens is 1. The van der Waals surface area contributed by atoms with E-state index in [0.29, 0.717) is 18.9 Å². The number of rotatable bonds is 7. The quantitative estimate of drug-likeness (QED) is 0.827. The summed E-state index contributed by atoms with van der Waals surface area (Å²) in [5.41, 5.74) is 1.79. The summed E-state index contributed by atoms with van der Waals surface area (Å²) in [4.78, 5) is 0. The number of nitrogens with one attached hydrogen (secondary N) is 1. The molecule has 2 aromatic rings. The summed E-state index contributed by atoms with van der Waals surface area (Å²) in [5, 5.41) is 3.18. The summed E-state index contributed by atoms with van der Waals surface area (Å²) < 4.78 is 24.1. The van der Waals surface area contributed by atoms with Crippen LogP contribution < -0.4 is 14.8 Å². The maximum atomic E-state index is 13.1. The molecule has 112 valence electrons. The van der Waals surface area contributed by atoms with E-state index in [4.69, 9.17) is 9.47 Å². The van der Waals surface area contributed by atoms with Gasteiger partial charge in [0, 0.05) is 12.2 Å². The fourth-order valence-electron chi connectivity index (χ4n) is 1.96. The SMILES string of the molecule is CCCOc1ccc(CNc2cccc(F)c2)cc1OC. The van der Waals surface area contributed by atoms with Gasteiger partial charge in [-0.05, 0) is 42.3 Å². The molecule has 21 heavy (non-hydrogen) atoms. The molecule has 0 aromatic heterocycles. The zero-order valence-corrected chi connectivity index (χ0v) is 12.4. The third-order valence-electron chi connectivity index (χ3n) is 3.01. The lowest BCUT2D eigenvalue weighted by atomic mass is 10.2. The van der Waals surface area contributed by atoms with Gasteiger partial charge < -0.3 is 14.8 Å². The summed E-state index contributed by atoms with van der Waals surface area (Å²) in [7, 11) is 1.62. The average molecular weight is 289 g/mol. The Morgan fingerprint density at radius 2 is 1.95 bits per heavy atom. The smallest absolute Gasteiger partial charge is 0.161 e. The predicted molar refractivity (Wildman–Crippen MR) is 82.5 cm³/mol. The van der Waals surface area contributed by atoms with Crippen molar-refractivity contribution in [1.29, 1.82) is 0 Å². The zero-order chi connectivity index (χ0) is 15.1. The molecule has 4 heteroatoms. The van der Waals surface area contributed by atoms with Crippen molar-refractivity contribution in [3.05, 3.63) is 53.8 Å². The van der Waals surface area contributed by atoms with Crippen molar-refractivity contribution in [3.63, 3.8) is 0 Å². The van der Waals surface area contributed by atoms with Gasteiger partial charge in [0.25, 0.3) is 0 Å². The van der Waals surface area contributed by atoms with Crippen LogP contribution >= 0.6 is 0 Å². The Bertz CT molecular complexity index is 587. The van der Waals surface area contributed by atoms with Crippen LogP contribution in [0.15, 0.2) is 42.5 Å². The molecule has 0 amide bonds. The molecule has 0 fully saturated rings. The molecule has 0 atom stereocenters. The van der Waals surface area contributed by atoms with E-state index in [1.807, 2.05) is 24.3 Å². The monoisotopic (exact) mass is 289 g/mol. The number of anilines is 1. The Labute approximate surface area is 124 Å². The van der Waals surface area contributed by atoms with Gasteiger partial charge in [-0.15, -0.1) is 0 Å². The van der Waals surface area contributed by atoms with Gasteiger partial charge in [0.15, 0.2) is 11.5 Å². The van der Waals surface area contributed by atoms with Crippen molar-refractivity contribution in [2.24, 2.45) is 0 Å². The van der Waals surface area contributed by atoms with Crippen LogP contribution in [0.3, 0.4) is 0 Å². The zero-order valence-electron chi connectivity index (χ0n) is 12.4. The van der Waals surface area contributed by atoms with Crippen molar-refractivity contribution in [3.8, 4) is 11.5 Å². The number of benzene rings is 2. The average Bonchev–Trinajstić information content (AvgIpc) is 2.51. The number of ether oxygens (including phenoxy) is 2. The first-order valence-corrected chi connectivity index (χ1v) is 7.02. The molecule has 3 nitrogen and oxygen atoms in total. The second kappa shape index (κ2) is 7.53. The number of methoxy groups -OCH3 is 1. The molecule has 1 N–H and O–H groups in total. The topological polar surface area (TPSA) is 30.5 Å². The molecule has 0 saturated carbocycles. The second-order valence-electron chi connectivity index (χ2n) is 4.70. The van der Waals surface area contributed by atoms with E-state index in [-0.39, 0.29) is 5.82 Å². The highest BCUT2D eigenvalue weighted by Gasteiger charge is 2.05. The largest absolute Gasteiger partial charge is 0.493 e. The summed E-state index contributed by atoms with van der Waals surface area (Å²) in [5.74, 6) is 1.21. The summed E-state index contributed by atoms with van der Waals surface area (Å²) in [6, 6.07) is 12.2. The van der Waals surface area contributed by atoms with Gasteiger partial charge in [-0.25, -0.2) is 4.39 Å². The van der Waals surface area contributed by atoms with E-state index in [0.717, 1.165) is 23.4 Å². The van der Waals surface area contributed by atoms with Crippen LogP contribution in [0.2, 0.25) is 0 Å². The van der Waals surface area contributed by atoms with Crippen LogP contribution in [-0.4, -0.2) is 13.7 Å². The minimum Gasteiger partial charge on any atom is -0.493 e. The minimum atomic E-state index is -0.249. The fraction of sp³-hybridized carbons (Fsp3) is 0.294.